The molecule has 1 atom stereocenters. The molecule has 2 aromatic heterocycles. The molecule has 9 heteroatoms. The van der Waals surface area contributed by atoms with Gasteiger partial charge in [-0.15, -0.1) is 0 Å². The van der Waals surface area contributed by atoms with Crippen molar-refractivity contribution >= 4 is 17.5 Å². The minimum absolute atomic E-state index is 0.159. The molecule has 150 valence electrons. The van der Waals surface area contributed by atoms with E-state index in [1.54, 1.807) is 9.58 Å². The summed E-state index contributed by atoms with van der Waals surface area (Å²) in [6, 6.07) is 0. The molecule has 0 aromatic carbocycles. The Balaban J connectivity index is 1.58. The number of ether oxygens (including phenoxy) is 1. The first-order chi connectivity index (χ1) is 13.6. The van der Waals surface area contributed by atoms with Gasteiger partial charge < -0.3 is 19.5 Å². The molecule has 1 aliphatic heterocycles. The van der Waals surface area contributed by atoms with Crippen molar-refractivity contribution < 1.29 is 18.8 Å². The molecule has 0 bridgehead atoms. The quantitative estimate of drug-likeness (QED) is 0.857. The van der Waals surface area contributed by atoms with Gasteiger partial charge in [0.1, 0.15) is 11.5 Å². The van der Waals surface area contributed by atoms with Gasteiger partial charge in [-0.05, 0) is 25.7 Å². The molecule has 1 saturated heterocycles. The number of carbonyl (C=O) groups excluding carboxylic acids is 2. The van der Waals surface area contributed by atoms with Crippen molar-refractivity contribution in [1.82, 2.24) is 19.8 Å². The van der Waals surface area contributed by atoms with Crippen LogP contribution in [0.15, 0.2) is 10.7 Å². The lowest BCUT2D eigenvalue weighted by Gasteiger charge is -2.27. The molecule has 28 heavy (non-hydrogen) atoms. The third-order valence-corrected chi connectivity index (χ3v) is 5.39. The molecule has 0 saturated carbocycles. The maximum Gasteiger partial charge on any atom is 0.278 e. The average molecular weight is 387 g/mol. The van der Waals surface area contributed by atoms with Gasteiger partial charge in [-0.1, -0.05) is 12.1 Å². The molecular weight excluding hydrogens is 362 g/mol. The lowest BCUT2D eigenvalue weighted by Crippen LogP contribution is -2.41. The van der Waals surface area contributed by atoms with Crippen LogP contribution in [-0.2, 0) is 24.1 Å². The minimum Gasteiger partial charge on any atom is -0.378 e. The highest BCUT2D eigenvalue weighted by Crippen LogP contribution is 2.28. The molecule has 0 radical (unpaired) electrons. The summed E-state index contributed by atoms with van der Waals surface area (Å²) < 4.78 is 12.3. The van der Waals surface area contributed by atoms with E-state index in [0.29, 0.717) is 55.8 Å². The third kappa shape index (κ3) is 3.42. The Bertz CT molecular complexity index is 881. The fourth-order valence-corrected chi connectivity index (χ4v) is 3.80. The van der Waals surface area contributed by atoms with Crippen LogP contribution < -0.4 is 5.32 Å². The number of nitrogens with zero attached hydrogens (tertiary/aromatic N) is 4. The number of anilines is 1. The number of amides is 2. The summed E-state index contributed by atoms with van der Waals surface area (Å²) in [5, 5.41) is 11.1. The molecular formula is C19H25N5O4. The number of hydrogen-bond donors (Lipinski definition) is 1. The van der Waals surface area contributed by atoms with E-state index < -0.39 is 0 Å². The summed E-state index contributed by atoms with van der Waals surface area (Å²) in [5.74, 6) is 0.747. The molecule has 2 amide bonds. The molecule has 1 N–H and O–H groups in total. The van der Waals surface area contributed by atoms with Crippen LogP contribution in [-0.4, -0.2) is 58.0 Å². The standard InChI is InChI=1S/C19H25N5O4/c1-3-24-17(19(26)23-6-8-27-9-7-23)14(11-20-24)21-18(25)16-13-10-12(2)4-5-15(13)28-22-16/h11-12H,3-10H2,1-2H3,(H,21,25)/t12-/m0/s1. The maximum atomic E-state index is 13.0. The van der Waals surface area contributed by atoms with Crippen molar-refractivity contribution in [3.05, 3.63) is 28.9 Å². The van der Waals surface area contributed by atoms with E-state index >= 15 is 0 Å². The fourth-order valence-electron chi connectivity index (χ4n) is 3.80. The number of nitrogens with one attached hydrogen (secondary N) is 1. The zero-order valence-electron chi connectivity index (χ0n) is 16.2. The van der Waals surface area contributed by atoms with Crippen LogP contribution in [0.3, 0.4) is 0 Å². The first-order valence-electron chi connectivity index (χ1n) is 9.80. The Hall–Kier alpha value is -2.68. The second-order valence-corrected chi connectivity index (χ2v) is 7.36. The molecule has 4 rings (SSSR count). The number of carbonyl (C=O) groups is 2. The Morgan fingerprint density at radius 1 is 1.32 bits per heavy atom. The van der Waals surface area contributed by atoms with E-state index in [1.165, 1.54) is 6.20 Å². The fraction of sp³-hybridized carbons (Fsp3) is 0.579. The number of aryl methyl sites for hydroxylation is 2. The molecule has 2 aromatic rings. The van der Waals surface area contributed by atoms with E-state index in [4.69, 9.17) is 9.26 Å². The van der Waals surface area contributed by atoms with E-state index in [-0.39, 0.29) is 11.8 Å². The Labute approximate surface area is 163 Å². The second kappa shape index (κ2) is 7.75. The lowest BCUT2D eigenvalue weighted by molar-refractivity contribution is 0.0295. The average Bonchev–Trinajstić information content (AvgIpc) is 3.31. The summed E-state index contributed by atoms with van der Waals surface area (Å²) in [4.78, 5) is 27.6. The van der Waals surface area contributed by atoms with Crippen LogP contribution in [0.2, 0.25) is 0 Å². The van der Waals surface area contributed by atoms with Gasteiger partial charge in [0.15, 0.2) is 5.69 Å². The maximum absolute atomic E-state index is 13.0. The highest BCUT2D eigenvalue weighted by Gasteiger charge is 2.30. The normalized spacial score (nSPS) is 19.4. The van der Waals surface area contributed by atoms with Crippen LogP contribution in [0.1, 0.15) is 52.6 Å². The van der Waals surface area contributed by atoms with E-state index in [1.807, 2.05) is 6.92 Å². The van der Waals surface area contributed by atoms with Gasteiger partial charge in [-0.2, -0.15) is 5.10 Å². The van der Waals surface area contributed by atoms with Crippen LogP contribution in [0, 0.1) is 5.92 Å². The predicted octanol–water partition coefficient (Wildman–Crippen LogP) is 1.74. The van der Waals surface area contributed by atoms with E-state index in [0.717, 1.165) is 30.6 Å². The molecule has 9 nitrogen and oxygen atoms in total. The number of morpholine rings is 1. The molecule has 0 unspecified atom stereocenters. The van der Waals surface area contributed by atoms with E-state index in [9.17, 15) is 9.59 Å². The smallest absolute Gasteiger partial charge is 0.278 e. The Morgan fingerprint density at radius 2 is 2.11 bits per heavy atom. The van der Waals surface area contributed by atoms with Gasteiger partial charge in [0.05, 0.1) is 25.1 Å². The number of fused-ring (bicyclic) bond motifs is 1. The zero-order valence-corrected chi connectivity index (χ0v) is 16.2. The zero-order chi connectivity index (χ0) is 19.7. The van der Waals surface area contributed by atoms with Crippen LogP contribution in [0.5, 0.6) is 0 Å². The lowest BCUT2D eigenvalue weighted by atomic mass is 9.88. The summed E-state index contributed by atoms with van der Waals surface area (Å²) in [6.45, 7) is 6.66. The second-order valence-electron chi connectivity index (χ2n) is 7.36. The Morgan fingerprint density at radius 3 is 2.86 bits per heavy atom. The van der Waals surface area contributed by atoms with Crippen LogP contribution >= 0.6 is 0 Å². The third-order valence-electron chi connectivity index (χ3n) is 5.39. The SMILES string of the molecule is CCn1ncc(NC(=O)c2noc3c2C[C@@H](C)CC3)c1C(=O)N1CCOCC1. The van der Waals surface area contributed by atoms with Gasteiger partial charge in [-0.3, -0.25) is 14.3 Å². The highest BCUT2D eigenvalue weighted by atomic mass is 16.5. The summed E-state index contributed by atoms with van der Waals surface area (Å²) in [7, 11) is 0. The van der Waals surface area contributed by atoms with Gasteiger partial charge in [0.25, 0.3) is 11.8 Å². The van der Waals surface area contributed by atoms with Crippen molar-refractivity contribution in [1.29, 1.82) is 0 Å². The van der Waals surface area contributed by atoms with E-state index in [2.05, 4.69) is 22.5 Å². The molecule has 0 spiro atoms. The molecule has 3 heterocycles. The van der Waals surface area contributed by atoms with Crippen LogP contribution in [0.4, 0.5) is 5.69 Å². The molecule has 1 aliphatic carbocycles. The first kappa shape index (κ1) is 18.7. The summed E-state index contributed by atoms with van der Waals surface area (Å²) in [6.07, 6.45) is 4.12. The predicted molar refractivity (Wildman–Crippen MR) is 100 cm³/mol. The Kier molecular flexibility index (Phi) is 5.17. The van der Waals surface area contributed by atoms with Crippen molar-refractivity contribution in [2.45, 2.75) is 39.7 Å². The van der Waals surface area contributed by atoms with Gasteiger partial charge >= 0.3 is 0 Å². The largest absolute Gasteiger partial charge is 0.378 e. The van der Waals surface area contributed by atoms with Gasteiger partial charge in [0.2, 0.25) is 0 Å². The number of rotatable bonds is 4. The molecule has 1 fully saturated rings. The monoisotopic (exact) mass is 387 g/mol. The van der Waals surface area contributed by atoms with Gasteiger partial charge in [-0.25, -0.2) is 0 Å². The number of aromatic nitrogens is 3. The summed E-state index contributed by atoms with van der Waals surface area (Å²) >= 11 is 0. The van der Waals surface area contributed by atoms with Gasteiger partial charge in [0, 0.05) is 31.6 Å². The topological polar surface area (TPSA) is 102 Å². The van der Waals surface area contributed by atoms with Crippen molar-refractivity contribution in [3.63, 3.8) is 0 Å². The van der Waals surface area contributed by atoms with Crippen molar-refractivity contribution in [2.24, 2.45) is 5.92 Å². The first-order valence-corrected chi connectivity index (χ1v) is 9.80. The minimum atomic E-state index is -0.370. The molecule has 2 aliphatic rings. The number of hydrogen-bond acceptors (Lipinski definition) is 6. The summed E-state index contributed by atoms with van der Waals surface area (Å²) in [5.41, 5.74) is 1.95. The van der Waals surface area contributed by atoms with Crippen LogP contribution in [0.25, 0.3) is 0 Å². The van der Waals surface area contributed by atoms with Crippen molar-refractivity contribution in [3.8, 4) is 0 Å². The van der Waals surface area contributed by atoms with Crippen molar-refractivity contribution in [2.75, 3.05) is 31.6 Å². The highest BCUT2D eigenvalue weighted by molar-refractivity contribution is 6.08.